The predicted octanol–water partition coefficient (Wildman–Crippen LogP) is 0.894. The molecule has 2 rings (SSSR count). The lowest BCUT2D eigenvalue weighted by molar-refractivity contribution is 0.153. The van der Waals surface area contributed by atoms with Crippen LogP contribution in [0.15, 0.2) is 29.2 Å². The third-order valence-corrected chi connectivity index (χ3v) is 5.58. The average Bonchev–Trinajstić information content (AvgIpc) is 2.86. The Balaban J connectivity index is 2.18. The van der Waals surface area contributed by atoms with Gasteiger partial charge in [0.2, 0.25) is 10.0 Å². The van der Waals surface area contributed by atoms with Gasteiger partial charge in [0.25, 0.3) is 0 Å². The van der Waals surface area contributed by atoms with Crippen LogP contribution in [0.5, 0.6) is 0 Å². The van der Waals surface area contributed by atoms with Crippen LogP contribution in [0, 0.1) is 0 Å². The Morgan fingerprint density at radius 3 is 2.80 bits per heavy atom. The molecule has 0 spiro atoms. The first-order valence-electron chi connectivity index (χ1n) is 6.81. The predicted molar refractivity (Wildman–Crippen MR) is 77.8 cm³/mol. The summed E-state index contributed by atoms with van der Waals surface area (Å²) < 4.78 is 25.4. The van der Waals surface area contributed by atoms with Crippen LogP contribution in [0.2, 0.25) is 0 Å². The first-order chi connectivity index (χ1) is 9.45. The topological polar surface area (TPSA) is 60.9 Å². The Morgan fingerprint density at radius 2 is 2.15 bits per heavy atom. The van der Waals surface area contributed by atoms with Gasteiger partial charge in [-0.2, -0.15) is 0 Å². The number of aliphatic hydroxyl groups excluding tert-OH is 1. The monoisotopic (exact) mass is 298 g/mol. The van der Waals surface area contributed by atoms with Crippen LogP contribution in [0.4, 0.5) is 0 Å². The first kappa shape index (κ1) is 15.4. The number of likely N-dealkylation sites (tertiary alicyclic amines) is 1. The van der Waals surface area contributed by atoms with Gasteiger partial charge < -0.3 is 5.11 Å². The van der Waals surface area contributed by atoms with Crippen LogP contribution in [-0.4, -0.2) is 56.0 Å². The molecule has 1 aliphatic heterocycles. The molecule has 1 saturated heterocycles. The number of nitrogens with zero attached hydrogens (tertiary/aromatic N) is 2. The molecule has 1 fully saturated rings. The van der Waals surface area contributed by atoms with Crippen LogP contribution in [0.1, 0.15) is 18.4 Å². The summed E-state index contributed by atoms with van der Waals surface area (Å²) in [5.41, 5.74) is 0.966. The van der Waals surface area contributed by atoms with Crippen molar-refractivity contribution in [3.8, 4) is 0 Å². The zero-order valence-electron chi connectivity index (χ0n) is 12.0. The molecule has 0 saturated carbocycles. The quantitative estimate of drug-likeness (QED) is 0.877. The third-order valence-electron chi connectivity index (χ3n) is 3.77. The van der Waals surface area contributed by atoms with Crippen molar-refractivity contribution in [1.82, 2.24) is 9.21 Å². The second-order valence-corrected chi connectivity index (χ2v) is 7.54. The lowest BCUT2D eigenvalue weighted by Gasteiger charge is -2.23. The molecular weight excluding hydrogens is 276 g/mol. The van der Waals surface area contributed by atoms with Crippen LogP contribution >= 0.6 is 0 Å². The maximum atomic E-state index is 12.1. The van der Waals surface area contributed by atoms with Crippen molar-refractivity contribution in [3.05, 3.63) is 29.8 Å². The highest BCUT2D eigenvalue weighted by molar-refractivity contribution is 7.89. The second kappa shape index (κ2) is 6.22. The Labute approximate surface area is 120 Å². The Hall–Kier alpha value is -0.950. The van der Waals surface area contributed by atoms with Gasteiger partial charge in [-0.3, -0.25) is 4.90 Å². The smallest absolute Gasteiger partial charge is 0.242 e. The lowest BCUT2D eigenvalue weighted by Crippen LogP contribution is -2.31. The summed E-state index contributed by atoms with van der Waals surface area (Å²) in [6, 6.07) is 7.25. The molecule has 0 radical (unpaired) electrons. The lowest BCUT2D eigenvalue weighted by atomic mass is 10.2. The highest BCUT2D eigenvalue weighted by Gasteiger charge is 2.24. The van der Waals surface area contributed by atoms with E-state index in [0.29, 0.717) is 11.4 Å². The molecule has 1 aromatic rings. The number of hydrogen-bond acceptors (Lipinski definition) is 4. The summed E-state index contributed by atoms with van der Waals surface area (Å²) in [6.45, 7) is 1.80. The maximum Gasteiger partial charge on any atom is 0.242 e. The molecule has 112 valence electrons. The molecule has 1 atom stereocenters. The molecule has 5 nitrogen and oxygen atoms in total. The van der Waals surface area contributed by atoms with E-state index in [4.69, 9.17) is 0 Å². The normalized spacial score (nSPS) is 20.7. The van der Waals surface area contributed by atoms with E-state index in [0.717, 1.165) is 24.9 Å². The van der Waals surface area contributed by atoms with Gasteiger partial charge in [-0.05, 0) is 37.1 Å². The van der Waals surface area contributed by atoms with Gasteiger partial charge in [-0.1, -0.05) is 12.1 Å². The summed E-state index contributed by atoms with van der Waals surface area (Å²) in [5.74, 6) is 0. The molecule has 6 heteroatoms. The summed E-state index contributed by atoms with van der Waals surface area (Å²) in [4.78, 5) is 2.53. The molecule has 1 aromatic carbocycles. The molecule has 0 bridgehead atoms. The van der Waals surface area contributed by atoms with E-state index in [1.54, 1.807) is 18.2 Å². The molecule has 1 unspecified atom stereocenters. The molecule has 20 heavy (non-hydrogen) atoms. The standard InChI is InChI=1S/C14H22N2O3S/c1-15(2)20(18,19)14-7-3-5-12(9-14)10-16-8-4-6-13(16)11-17/h3,5,7,9,13,17H,4,6,8,10-11H2,1-2H3. The van der Waals surface area contributed by atoms with Gasteiger partial charge in [0.15, 0.2) is 0 Å². The molecule has 0 aromatic heterocycles. The molecule has 1 aliphatic rings. The summed E-state index contributed by atoms with van der Waals surface area (Å²) in [6.07, 6.45) is 2.09. The zero-order chi connectivity index (χ0) is 14.8. The first-order valence-corrected chi connectivity index (χ1v) is 8.25. The van der Waals surface area contributed by atoms with Gasteiger partial charge in [0.1, 0.15) is 0 Å². The van der Waals surface area contributed by atoms with Gasteiger partial charge in [0, 0.05) is 26.7 Å². The Bertz CT molecular complexity index is 557. The van der Waals surface area contributed by atoms with Crippen LogP contribution in [-0.2, 0) is 16.6 Å². The number of rotatable bonds is 5. The van der Waals surface area contributed by atoms with E-state index in [9.17, 15) is 13.5 Å². The maximum absolute atomic E-state index is 12.1. The SMILES string of the molecule is CN(C)S(=O)(=O)c1cccc(CN2CCCC2CO)c1. The summed E-state index contributed by atoms with van der Waals surface area (Å²) >= 11 is 0. The highest BCUT2D eigenvalue weighted by Crippen LogP contribution is 2.21. The van der Waals surface area contributed by atoms with Crippen molar-refractivity contribution in [2.45, 2.75) is 30.3 Å². The van der Waals surface area contributed by atoms with E-state index in [1.165, 1.54) is 18.4 Å². The number of aliphatic hydroxyl groups is 1. The van der Waals surface area contributed by atoms with E-state index in [2.05, 4.69) is 4.90 Å². The molecule has 1 N–H and O–H groups in total. The van der Waals surface area contributed by atoms with Crippen molar-refractivity contribution in [2.75, 3.05) is 27.2 Å². The molecule has 0 aliphatic carbocycles. The van der Waals surface area contributed by atoms with Gasteiger partial charge in [-0.15, -0.1) is 0 Å². The van der Waals surface area contributed by atoms with E-state index in [1.807, 2.05) is 6.07 Å². The highest BCUT2D eigenvalue weighted by atomic mass is 32.2. The van der Waals surface area contributed by atoms with Crippen LogP contribution < -0.4 is 0 Å². The van der Waals surface area contributed by atoms with E-state index < -0.39 is 10.0 Å². The zero-order valence-corrected chi connectivity index (χ0v) is 12.8. The molecule has 1 heterocycles. The van der Waals surface area contributed by atoms with Crippen molar-refractivity contribution < 1.29 is 13.5 Å². The van der Waals surface area contributed by atoms with Crippen molar-refractivity contribution in [2.24, 2.45) is 0 Å². The van der Waals surface area contributed by atoms with E-state index in [-0.39, 0.29) is 12.6 Å². The fourth-order valence-corrected chi connectivity index (χ4v) is 3.53. The van der Waals surface area contributed by atoms with Crippen molar-refractivity contribution in [1.29, 1.82) is 0 Å². The Morgan fingerprint density at radius 1 is 1.40 bits per heavy atom. The Kier molecular flexibility index (Phi) is 4.80. The van der Waals surface area contributed by atoms with Crippen LogP contribution in [0.25, 0.3) is 0 Å². The van der Waals surface area contributed by atoms with Gasteiger partial charge >= 0.3 is 0 Å². The fourth-order valence-electron chi connectivity index (χ4n) is 2.56. The van der Waals surface area contributed by atoms with Crippen molar-refractivity contribution in [3.63, 3.8) is 0 Å². The van der Waals surface area contributed by atoms with Crippen LogP contribution in [0.3, 0.4) is 0 Å². The average molecular weight is 298 g/mol. The number of benzene rings is 1. The summed E-state index contributed by atoms with van der Waals surface area (Å²) in [7, 11) is -0.323. The van der Waals surface area contributed by atoms with E-state index >= 15 is 0 Å². The minimum Gasteiger partial charge on any atom is -0.395 e. The number of hydrogen-bond donors (Lipinski definition) is 1. The number of sulfonamides is 1. The minimum atomic E-state index is -3.39. The van der Waals surface area contributed by atoms with Crippen molar-refractivity contribution >= 4 is 10.0 Å². The molecule has 0 amide bonds. The molecular formula is C14H22N2O3S. The third kappa shape index (κ3) is 3.20. The fraction of sp³-hybridized carbons (Fsp3) is 0.571. The second-order valence-electron chi connectivity index (χ2n) is 5.38. The largest absolute Gasteiger partial charge is 0.395 e. The minimum absolute atomic E-state index is 0.162. The van der Waals surface area contributed by atoms with Gasteiger partial charge in [0.05, 0.1) is 11.5 Å². The van der Waals surface area contributed by atoms with Gasteiger partial charge in [-0.25, -0.2) is 12.7 Å². The summed E-state index contributed by atoms with van der Waals surface area (Å²) in [5, 5.41) is 9.33.